The fourth-order valence-corrected chi connectivity index (χ4v) is 4.14. The van der Waals surface area contributed by atoms with E-state index >= 15 is 0 Å². The summed E-state index contributed by atoms with van der Waals surface area (Å²) in [7, 11) is 1.37. The van der Waals surface area contributed by atoms with Crippen molar-refractivity contribution in [2.45, 2.75) is 56.7 Å². The van der Waals surface area contributed by atoms with Crippen molar-refractivity contribution in [1.29, 1.82) is 0 Å². The normalized spacial score (nSPS) is 15.9. The molecule has 0 saturated carbocycles. The molecule has 3 atom stereocenters. The van der Waals surface area contributed by atoms with E-state index in [1.54, 1.807) is 6.26 Å². The summed E-state index contributed by atoms with van der Waals surface area (Å²) >= 11 is 1.32. The fourth-order valence-electron chi connectivity index (χ4n) is 3.51. The van der Waals surface area contributed by atoms with Crippen LogP contribution in [0.1, 0.15) is 39.0 Å². The topological polar surface area (TPSA) is 220 Å². The van der Waals surface area contributed by atoms with Gasteiger partial charge in [-0.1, -0.05) is 6.92 Å². The number of hydrogen-bond donors (Lipinski definition) is 5. The van der Waals surface area contributed by atoms with Crippen LogP contribution in [-0.2, 0) is 47.7 Å². The third-order valence-electron chi connectivity index (χ3n) is 6.04. The van der Waals surface area contributed by atoms with Crippen LogP contribution in [0, 0.1) is 0 Å². The summed E-state index contributed by atoms with van der Waals surface area (Å²) in [6.07, 6.45) is 0.299. The fraction of sp³-hybridized carbons (Fsp3) is 0.769. The first-order valence-corrected chi connectivity index (χ1v) is 15.5. The Morgan fingerprint density at radius 1 is 0.955 bits per heavy atom. The van der Waals surface area contributed by atoms with Crippen LogP contribution in [0.5, 0.6) is 0 Å². The van der Waals surface area contributed by atoms with Crippen LogP contribution >= 0.6 is 11.8 Å². The van der Waals surface area contributed by atoms with Gasteiger partial charge in [0.25, 0.3) is 0 Å². The summed E-state index contributed by atoms with van der Waals surface area (Å²) in [5, 5.41) is 13.8. The highest BCUT2D eigenvalue weighted by molar-refractivity contribution is 8.00. The molecule has 5 N–H and O–H groups in total. The van der Waals surface area contributed by atoms with Crippen molar-refractivity contribution < 1.29 is 57.6 Å². The quantitative estimate of drug-likeness (QED) is 0.0365. The monoisotopic (exact) mass is 651 g/mol. The number of carbonyl (C=O) groups is 6. The Balaban J connectivity index is 1.98. The number of nitrogens with zero attached hydrogens (tertiary/aromatic N) is 1. The van der Waals surface area contributed by atoms with E-state index in [9.17, 15) is 28.8 Å². The van der Waals surface area contributed by atoms with Gasteiger partial charge >= 0.3 is 6.09 Å². The SMILES string of the molecule is CCC(CO)OC(COC(=O)NCCC(=O)NNC(=O)CCOCCOCCNC(=O)CCN1C(=O)CC(SC)C1=O)OC. The third-order valence-corrected chi connectivity index (χ3v) is 6.98. The largest absolute Gasteiger partial charge is 0.444 e. The van der Waals surface area contributed by atoms with Gasteiger partial charge in [0.15, 0.2) is 6.29 Å². The number of hydrazine groups is 1. The smallest absolute Gasteiger partial charge is 0.407 e. The van der Waals surface area contributed by atoms with Crippen molar-refractivity contribution in [2.75, 3.05) is 72.6 Å². The molecule has 6 amide bonds. The Kier molecular flexibility index (Phi) is 20.7. The molecule has 0 spiro atoms. The third kappa shape index (κ3) is 16.7. The lowest BCUT2D eigenvalue weighted by Gasteiger charge is -2.21. The number of aliphatic hydroxyl groups is 1. The molecule has 1 rings (SSSR count). The van der Waals surface area contributed by atoms with Gasteiger partial charge in [0.05, 0.1) is 50.8 Å². The van der Waals surface area contributed by atoms with Crippen LogP contribution in [0.15, 0.2) is 0 Å². The Bertz CT molecular complexity index is 924. The minimum absolute atomic E-state index is 0.0153. The molecule has 1 fully saturated rings. The number of amides is 6. The van der Waals surface area contributed by atoms with Crippen molar-refractivity contribution in [3.8, 4) is 0 Å². The van der Waals surface area contributed by atoms with Crippen molar-refractivity contribution in [3.63, 3.8) is 0 Å². The van der Waals surface area contributed by atoms with E-state index in [0.717, 1.165) is 4.90 Å². The van der Waals surface area contributed by atoms with E-state index in [2.05, 4.69) is 21.5 Å². The van der Waals surface area contributed by atoms with Crippen molar-refractivity contribution >= 4 is 47.4 Å². The Morgan fingerprint density at radius 2 is 1.64 bits per heavy atom. The number of methoxy groups -OCH3 is 1. The van der Waals surface area contributed by atoms with Crippen LogP contribution in [-0.4, -0.2) is 136 Å². The summed E-state index contributed by atoms with van der Waals surface area (Å²) in [6, 6.07) is 0. The number of imide groups is 1. The number of rotatable bonds is 23. The average Bonchev–Trinajstić information content (AvgIpc) is 3.29. The first-order chi connectivity index (χ1) is 21.1. The maximum atomic E-state index is 12.0. The number of carbonyl (C=O) groups excluding carboxylic acids is 6. The van der Waals surface area contributed by atoms with Gasteiger partial charge < -0.3 is 39.4 Å². The minimum atomic E-state index is -0.846. The zero-order valence-corrected chi connectivity index (χ0v) is 26.2. The lowest BCUT2D eigenvalue weighted by molar-refractivity contribution is -0.181. The molecule has 0 aliphatic carbocycles. The second-order valence-corrected chi connectivity index (χ2v) is 10.3. The Morgan fingerprint density at radius 3 is 2.25 bits per heavy atom. The second kappa shape index (κ2) is 23.4. The zero-order chi connectivity index (χ0) is 32.7. The maximum absolute atomic E-state index is 12.0. The van der Waals surface area contributed by atoms with Gasteiger partial charge in [-0.2, -0.15) is 11.8 Å². The van der Waals surface area contributed by atoms with Crippen molar-refractivity contribution in [2.24, 2.45) is 0 Å². The number of aliphatic hydroxyl groups excluding tert-OH is 1. The molecule has 1 saturated heterocycles. The molecule has 252 valence electrons. The number of alkyl carbamates (subject to hydrolysis) is 1. The number of hydrogen-bond acceptors (Lipinski definition) is 13. The van der Waals surface area contributed by atoms with Crippen molar-refractivity contribution in [3.05, 3.63) is 0 Å². The molecular weight excluding hydrogens is 606 g/mol. The second-order valence-electron chi connectivity index (χ2n) is 9.27. The van der Waals surface area contributed by atoms with E-state index in [4.69, 9.17) is 28.8 Å². The van der Waals surface area contributed by atoms with Gasteiger partial charge in [0.2, 0.25) is 29.5 Å². The summed E-state index contributed by atoms with van der Waals surface area (Å²) in [5.74, 6) is -1.82. The van der Waals surface area contributed by atoms with Gasteiger partial charge in [-0.25, -0.2) is 4.79 Å². The number of nitrogens with one attached hydrogen (secondary N) is 4. The van der Waals surface area contributed by atoms with Gasteiger partial charge in [0, 0.05) is 46.0 Å². The molecule has 44 heavy (non-hydrogen) atoms. The van der Waals surface area contributed by atoms with Crippen molar-refractivity contribution in [1.82, 2.24) is 26.4 Å². The average molecular weight is 652 g/mol. The number of thioether (sulfide) groups is 1. The van der Waals surface area contributed by atoms with E-state index in [1.807, 2.05) is 6.92 Å². The lowest BCUT2D eigenvalue weighted by atomic mass is 10.3. The Hall–Kier alpha value is -3.03. The van der Waals surface area contributed by atoms with Crippen LogP contribution in [0.25, 0.3) is 0 Å². The summed E-state index contributed by atoms with van der Waals surface area (Å²) < 4.78 is 26.1. The van der Waals surface area contributed by atoms with Gasteiger partial charge in [-0.3, -0.25) is 39.7 Å². The van der Waals surface area contributed by atoms with Gasteiger partial charge in [-0.15, -0.1) is 0 Å². The molecule has 3 unspecified atom stereocenters. The summed E-state index contributed by atoms with van der Waals surface area (Å²) in [4.78, 5) is 72.4. The molecule has 1 aliphatic rings. The van der Waals surface area contributed by atoms with Crippen LogP contribution in [0.4, 0.5) is 4.79 Å². The molecule has 0 aromatic rings. The van der Waals surface area contributed by atoms with Gasteiger partial charge in [-0.05, 0) is 12.7 Å². The Labute approximate surface area is 260 Å². The minimum Gasteiger partial charge on any atom is -0.444 e. The molecule has 1 heterocycles. The van der Waals surface area contributed by atoms with Crippen LogP contribution < -0.4 is 21.5 Å². The molecule has 0 radical (unpaired) electrons. The highest BCUT2D eigenvalue weighted by Gasteiger charge is 2.37. The molecule has 0 bridgehead atoms. The first-order valence-electron chi connectivity index (χ1n) is 14.2. The van der Waals surface area contributed by atoms with E-state index in [-0.39, 0.29) is 108 Å². The molecule has 18 heteroatoms. The van der Waals surface area contributed by atoms with Crippen LogP contribution in [0.3, 0.4) is 0 Å². The molecule has 1 aliphatic heterocycles. The van der Waals surface area contributed by atoms with E-state index < -0.39 is 30.3 Å². The van der Waals surface area contributed by atoms with Crippen LogP contribution in [0.2, 0.25) is 0 Å². The van der Waals surface area contributed by atoms with E-state index in [1.165, 1.54) is 18.9 Å². The summed E-state index contributed by atoms with van der Waals surface area (Å²) in [6.45, 7) is 2.45. The molecular formula is C26H45N5O12S. The number of likely N-dealkylation sites (tertiary alicyclic amines) is 1. The van der Waals surface area contributed by atoms with Gasteiger partial charge in [0.1, 0.15) is 6.61 Å². The standard InChI is InChI=1S/C26H45N5O12S/c1-4-18(16-32)43-24(39-2)17-42-26(38)28-8-5-21(34)29-30-22(35)7-11-40-13-14-41-12-9-27-20(33)6-10-31-23(36)15-19(44-3)25(31)37/h18-19,24,32H,4-17H2,1-3H3,(H,27,33)(H,28,38)(H,29,34)(H,30,35). The van der Waals surface area contributed by atoms with E-state index in [0.29, 0.717) is 6.42 Å². The molecule has 0 aromatic heterocycles. The lowest BCUT2D eigenvalue weighted by Crippen LogP contribution is -2.43. The highest BCUT2D eigenvalue weighted by atomic mass is 32.2. The maximum Gasteiger partial charge on any atom is 0.407 e. The predicted octanol–water partition coefficient (Wildman–Crippen LogP) is -1.57. The zero-order valence-electron chi connectivity index (χ0n) is 25.4. The number of ether oxygens (including phenoxy) is 5. The summed E-state index contributed by atoms with van der Waals surface area (Å²) in [5.41, 5.74) is 4.46. The molecule has 0 aromatic carbocycles. The predicted molar refractivity (Wildman–Crippen MR) is 156 cm³/mol. The molecule has 17 nitrogen and oxygen atoms in total. The highest BCUT2D eigenvalue weighted by Crippen LogP contribution is 2.22. The first kappa shape index (κ1) is 39.0.